The van der Waals surface area contributed by atoms with Crippen molar-refractivity contribution >= 4 is 18.3 Å². The molecule has 0 saturated carbocycles. The molecule has 0 spiro atoms. The van der Waals surface area contributed by atoms with E-state index < -0.39 is 11.4 Å². The summed E-state index contributed by atoms with van der Waals surface area (Å²) in [6.07, 6.45) is 0. The van der Waals surface area contributed by atoms with E-state index in [2.05, 4.69) is 5.32 Å². The Morgan fingerprint density at radius 1 is 1.50 bits per heavy atom. The van der Waals surface area contributed by atoms with Gasteiger partial charge in [-0.25, -0.2) is 4.39 Å². The van der Waals surface area contributed by atoms with E-state index in [9.17, 15) is 9.18 Å². The predicted octanol–water partition coefficient (Wildman–Crippen LogP) is 1.71. The Morgan fingerprint density at radius 3 is 2.62 bits per heavy atom. The minimum Gasteiger partial charge on any atom is -0.350 e. The molecular weight excluding hydrogens is 231 g/mol. The van der Waals surface area contributed by atoms with Crippen LogP contribution in [0.3, 0.4) is 0 Å². The van der Waals surface area contributed by atoms with Crippen molar-refractivity contribution in [3.05, 3.63) is 35.6 Å². The van der Waals surface area contributed by atoms with Gasteiger partial charge in [-0.15, -0.1) is 12.4 Å². The number of benzene rings is 1. The molecule has 0 saturated heterocycles. The SMILES string of the molecule is CC(C)(N)CNC(=O)c1cccc(F)c1.Cl. The van der Waals surface area contributed by atoms with Gasteiger partial charge >= 0.3 is 0 Å². The molecule has 5 heteroatoms. The number of hydrogen-bond acceptors (Lipinski definition) is 2. The molecule has 1 amide bonds. The maximum absolute atomic E-state index is 12.8. The highest BCUT2D eigenvalue weighted by Gasteiger charge is 2.13. The van der Waals surface area contributed by atoms with Crippen molar-refractivity contribution in [2.45, 2.75) is 19.4 Å². The lowest BCUT2D eigenvalue weighted by Gasteiger charge is -2.18. The van der Waals surface area contributed by atoms with Gasteiger partial charge in [0.25, 0.3) is 5.91 Å². The van der Waals surface area contributed by atoms with E-state index in [0.717, 1.165) is 0 Å². The number of nitrogens with one attached hydrogen (secondary N) is 1. The predicted molar refractivity (Wildman–Crippen MR) is 64.2 cm³/mol. The van der Waals surface area contributed by atoms with Gasteiger partial charge in [0.1, 0.15) is 5.82 Å². The molecule has 0 aromatic heterocycles. The number of carbonyl (C=O) groups is 1. The van der Waals surface area contributed by atoms with E-state index in [-0.39, 0.29) is 18.3 Å². The highest BCUT2D eigenvalue weighted by atomic mass is 35.5. The zero-order valence-electron chi connectivity index (χ0n) is 9.29. The maximum atomic E-state index is 12.8. The van der Waals surface area contributed by atoms with Crippen LogP contribution in [0.1, 0.15) is 24.2 Å². The molecule has 0 fully saturated rings. The van der Waals surface area contributed by atoms with Crippen LogP contribution in [0.15, 0.2) is 24.3 Å². The Labute approximate surface area is 101 Å². The van der Waals surface area contributed by atoms with Gasteiger partial charge in [0.15, 0.2) is 0 Å². The van der Waals surface area contributed by atoms with Gasteiger partial charge in [-0.2, -0.15) is 0 Å². The summed E-state index contributed by atoms with van der Waals surface area (Å²) in [5, 5.41) is 2.64. The maximum Gasteiger partial charge on any atom is 0.251 e. The largest absolute Gasteiger partial charge is 0.350 e. The number of amides is 1. The summed E-state index contributed by atoms with van der Waals surface area (Å²) in [5.74, 6) is -0.734. The minimum absolute atomic E-state index is 0. The molecule has 0 heterocycles. The van der Waals surface area contributed by atoms with E-state index in [0.29, 0.717) is 12.1 Å². The second-order valence-electron chi connectivity index (χ2n) is 4.18. The van der Waals surface area contributed by atoms with Crippen LogP contribution in [0.4, 0.5) is 4.39 Å². The van der Waals surface area contributed by atoms with Gasteiger partial charge in [-0.3, -0.25) is 4.79 Å². The number of nitrogens with two attached hydrogens (primary N) is 1. The Balaban J connectivity index is 0.00000225. The van der Waals surface area contributed by atoms with Gasteiger partial charge in [0.05, 0.1) is 0 Å². The standard InChI is InChI=1S/C11H15FN2O.ClH/c1-11(2,13)7-14-10(15)8-4-3-5-9(12)6-8;/h3-6H,7,13H2,1-2H3,(H,14,15);1H. The van der Waals surface area contributed by atoms with Gasteiger partial charge in [0, 0.05) is 17.6 Å². The van der Waals surface area contributed by atoms with Crippen LogP contribution in [0.5, 0.6) is 0 Å². The van der Waals surface area contributed by atoms with Crippen LogP contribution in [0, 0.1) is 5.82 Å². The molecule has 0 aliphatic heterocycles. The molecule has 3 nitrogen and oxygen atoms in total. The van der Waals surface area contributed by atoms with Crippen molar-refractivity contribution in [3.63, 3.8) is 0 Å². The topological polar surface area (TPSA) is 55.1 Å². The molecule has 0 aliphatic rings. The van der Waals surface area contributed by atoms with Crippen LogP contribution in [0.25, 0.3) is 0 Å². The van der Waals surface area contributed by atoms with Crippen LogP contribution < -0.4 is 11.1 Å². The van der Waals surface area contributed by atoms with E-state index in [1.165, 1.54) is 18.2 Å². The summed E-state index contributed by atoms with van der Waals surface area (Å²) in [6.45, 7) is 3.96. The first kappa shape index (κ1) is 14.9. The molecule has 90 valence electrons. The Bertz CT molecular complexity index is 363. The summed E-state index contributed by atoms with van der Waals surface area (Å²) in [5.41, 5.74) is 5.54. The second kappa shape index (κ2) is 5.82. The molecule has 1 aromatic rings. The van der Waals surface area contributed by atoms with Crippen LogP contribution >= 0.6 is 12.4 Å². The third-order valence-electron chi connectivity index (χ3n) is 1.79. The molecule has 1 aromatic carbocycles. The van der Waals surface area contributed by atoms with Crippen molar-refractivity contribution in [2.24, 2.45) is 5.73 Å². The number of carbonyl (C=O) groups excluding carboxylic acids is 1. The van der Waals surface area contributed by atoms with Crippen LogP contribution in [0.2, 0.25) is 0 Å². The summed E-state index contributed by atoms with van der Waals surface area (Å²) in [4.78, 5) is 11.5. The fraction of sp³-hybridized carbons (Fsp3) is 0.364. The third kappa shape index (κ3) is 5.09. The van der Waals surface area contributed by atoms with E-state index in [1.807, 2.05) is 0 Å². The lowest BCUT2D eigenvalue weighted by Crippen LogP contribution is -2.45. The van der Waals surface area contributed by atoms with Crippen molar-refractivity contribution in [1.29, 1.82) is 0 Å². The highest BCUT2D eigenvalue weighted by molar-refractivity contribution is 5.94. The average molecular weight is 247 g/mol. The van der Waals surface area contributed by atoms with Crippen LogP contribution in [-0.4, -0.2) is 18.0 Å². The third-order valence-corrected chi connectivity index (χ3v) is 1.79. The summed E-state index contributed by atoms with van der Waals surface area (Å²) < 4.78 is 12.8. The zero-order chi connectivity index (χ0) is 11.5. The molecule has 0 aliphatic carbocycles. The molecule has 0 unspecified atom stereocenters. The quantitative estimate of drug-likeness (QED) is 0.853. The van der Waals surface area contributed by atoms with Gasteiger partial charge in [-0.1, -0.05) is 6.07 Å². The summed E-state index contributed by atoms with van der Waals surface area (Å²) in [7, 11) is 0. The minimum atomic E-state index is -0.469. The lowest BCUT2D eigenvalue weighted by atomic mass is 10.1. The fourth-order valence-electron chi connectivity index (χ4n) is 1.04. The Kier molecular flexibility index (Phi) is 5.41. The molecule has 0 atom stereocenters. The monoisotopic (exact) mass is 246 g/mol. The first-order valence-corrected chi connectivity index (χ1v) is 4.71. The molecule has 16 heavy (non-hydrogen) atoms. The first-order chi connectivity index (χ1) is 6.88. The van der Waals surface area contributed by atoms with Crippen molar-refractivity contribution in [1.82, 2.24) is 5.32 Å². The summed E-state index contributed by atoms with van der Waals surface area (Å²) in [6, 6.07) is 5.54. The lowest BCUT2D eigenvalue weighted by molar-refractivity contribution is 0.0945. The Hall–Kier alpha value is -1.13. The highest BCUT2D eigenvalue weighted by Crippen LogP contribution is 2.03. The van der Waals surface area contributed by atoms with E-state index >= 15 is 0 Å². The first-order valence-electron chi connectivity index (χ1n) is 4.71. The second-order valence-corrected chi connectivity index (χ2v) is 4.18. The molecular formula is C11H16ClFN2O. The summed E-state index contributed by atoms with van der Waals surface area (Å²) >= 11 is 0. The average Bonchev–Trinajstić information content (AvgIpc) is 2.13. The normalized spacial score (nSPS) is 10.5. The van der Waals surface area contributed by atoms with Crippen molar-refractivity contribution in [2.75, 3.05) is 6.54 Å². The molecule has 1 rings (SSSR count). The van der Waals surface area contributed by atoms with E-state index in [1.54, 1.807) is 19.9 Å². The van der Waals surface area contributed by atoms with E-state index in [4.69, 9.17) is 5.73 Å². The molecule has 3 N–H and O–H groups in total. The van der Waals surface area contributed by atoms with Gasteiger partial charge in [0.2, 0.25) is 0 Å². The van der Waals surface area contributed by atoms with Gasteiger partial charge < -0.3 is 11.1 Å². The fourth-order valence-corrected chi connectivity index (χ4v) is 1.04. The smallest absolute Gasteiger partial charge is 0.251 e. The number of halogens is 2. The van der Waals surface area contributed by atoms with Gasteiger partial charge in [-0.05, 0) is 32.0 Å². The van der Waals surface area contributed by atoms with Crippen molar-refractivity contribution < 1.29 is 9.18 Å². The number of hydrogen-bond donors (Lipinski definition) is 2. The number of rotatable bonds is 3. The Morgan fingerprint density at radius 2 is 2.12 bits per heavy atom. The molecule has 0 bridgehead atoms. The molecule has 0 radical (unpaired) electrons. The van der Waals surface area contributed by atoms with Crippen LogP contribution in [-0.2, 0) is 0 Å². The van der Waals surface area contributed by atoms with Crippen molar-refractivity contribution in [3.8, 4) is 0 Å². The zero-order valence-corrected chi connectivity index (χ0v) is 10.1.